The Morgan fingerprint density at radius 3 is 2.39 bits per heavy atom. The summed E-state index contributed by atoms with van der Waals surface area (Å²) in [6, 6.07) is 7.17. The normalized spacial score (nSPS) is 11.4. The van der Waals surface area contributed by atoms with Crippen LogP contribution in [0, 0.1) is 0 Å². The summed E-state index contributed by atoms with van der Waals surface area (Å²) in [5.74, 6) is -1.87. The van der Waals surface area contributed by atoms with Gasteiger partial charge in [0.2, 0.25) is 0 Å². The van der Waals surface area contributed by atoms with Gasteiger partial charge in [0, 0.05) is 4.47 Å². The van der Waals surface area contributed by atoms with Crippen LogP contribution in [0.15, 0.2) is 28.7 Å². The zero-order valence-electron chi connectivity index (χ0n) is 13.0. The predicted octanol–water partition coefficient (Wildman–Crippen LogP) is 2.67. The molecule has 126 valence electrons. The van der Waals surface area contributed by atoms with E-state index in [1.165, 1.54) is 0 Å². The first kappa shape index (κ1) is 19.2. The van der Waals surface area contributed by atoms with Crippen molar-refractivity contribution in [1.82, 2.24) is 0 Å². The lowest BCUT2D eigenvalue weighted by atomic mass is 10.3. The van der Waals surface area contributed by atoms with Crippen LogP contribution in [0.1, 0.15) is 26.7 Å². The van der Waals surface area contributed by atoms with E-state index in [1.807, 2.05) is 19.1 Å². The van der Waals surface area contributed by atoms with Gasteiger partial charge >= 0.3 is 11.9 Å². The van der Waals surface area contributed by atoms with Crippen molar-refractivity contribution in [3.05, 3.63) is 28.7 Å². The third-order valence-corrected chi connectivity index (χ3v) is 3.16. The number of rotatable bonds is 9. The first-order valence-corrected chi connectivity index (χ1v) is 7.99. The molecule has 1 rings (SSSR count). The van der Waals surface area contributed by atoms with Gasteiger partial charge in [-0.05, 0) is 37.6 Å². The van der Waals surface area contributed by atoms with Crippen LogP contribution in [0.2, 0.25) is 0 Å². The quantitative estimate of drug-likeness (QED) is 0.479. The van der Waals surface area contributed by atoms with Gasteiger partial charge in [-0.1, -0.05) is 22.9 Å². The molecule has 0 N–H and O–H groups in total. The van der Waals surface area contributed by atoms with Crippen LogP contribution in [-0.2, 0) is 23.9 Å². The summed E-state index contributed by atoms with van der Waals surface area (Å²) < 4.78 is 15.9. The lowest BCUT2D eigenvalue weighted by Crippen LogP contribution is -2.26. The monoisotopic (exact) mass is 386 g/mol. The van der Waals surface area contributed by atoms with Crippen LogP contribution >= 0.6 is 15.9 Å². The van der Waals surface area contributed by atoms with Gasteiger partial charge in [-0.25, -0.2) is 4.79 Å². The summed E-state index contributed by atoms with van der Waals surface area (Å²) in [7, 11) is 0. The molecule has 1 atom stereocenters. The van der Waals surface area contributed by atoms with Crippen molar-refractivity contribution in [3.8, 4) is 5.75 Å². The molecule has 1 aromatic rings. The fourth-order valence-corrected chi connectivity index (χ4v) is 1.83. The van der Waals surface area contributed by atoms with E-state index in [9.17, 15) is 14.4 Å². The molecule has 0 saturated heterocycles. The molecule has 0 aromatic heterocycles. The number of esters is 2. The van der Waals surface area contributed by atoms with E-state index < -0.39 is 30.4 Å². The number of Topliss-reactive ketones (excluding diaryl/α,β-unsaturated/α-hetero) is 1. The maximum absolute atomic E-state index is 11.6. The molecule has 0 bridgehead atoms. The van der Waals surface area contributed by atoms with Crippen molar-refractivity contribution in [1.29, 1.82) is 0 Å². The Morgan fingerprint density at radius 1 is 1.13 bits per heavy atom. The van der Waals surface area contributed by atoms with E-state index in [4.69, 9.17) is 9.47 Å². The first-order chi connectivity index (χ1) is 10.9. The Hall–Kier alpha value is -1.89. The highest BCUT2D eigenvalue weighted by molar-refractivity contribution is 9.10. The Bertz CT molecular complexity index is 540. The lowest BCUT2D eigenvalue weighted by Gasteiger charge is -2.14. The molecular formula is C16H19BrO6. The zero-order valence-corrected chi connectivity index (χ0v) is 14.6. The molecule has 7 heteroatoms. The molecule has 0 aliphatic heterocycles. The Kier molecular flexibility index (Phi) is 8.32. The van der Waals surface area contributed by atoms with E-state index in [-0.39, 0.29) is 13.0 Å². The topological polar surface area (TPSA) is 78.9 Å². The van der Waals surface area contributed by atoms with Gasteiger partial charge in [-0.3, -0.25) is 9.59 Å². The molecule has 6 nitrogen and oxygen atoms in total. The van der Waals surface area contributed by atoms with Gasteiger partial charge in [0.15, 0.2) is 6.61 Å². The van der Waals surface area contributed by atoms with Gasteiger partial charge in [0.25, 0.3) is 5.78 Å². The van der Waals surface area contributed by atoms with Crippen molar-refractivity contribution in [3.63, 3.8) is 0 Å². The second-order valence-corrected chi connectivity index (χ2v) is 5.72. The van der Waals surface area contributed by atoms with E-state index in [2.05, 4.69) is 20.7 Å². The number of carbonyl (C=O) groups is 3. The number of hydrogen-bond donors (Lipinski definition) is 0. The Labute approximate surface area is 143 Å². The van der Waals surface area contributed by atoms with Crippen molar-refractivity contribution < 1.29 is 28.6 Å². The molecule has 1 unspecified atom stereocenters. The summed E-state index contributed by atoms with van der Waals surface area (Å²) in [6.07, 6.45) is 0.155. The minimum absolute atomic E-state index is 0.0344. The third-order valence-electron chi connectivity index (χ3n) is 2.63. The SMILES string of the molecule is CCCOC(=O)C(=O)COC(=O)CC(C)Oc1ccc(Br)cc1. The van der Waals surface area contributed by atoms with E-state index in [0.717, 1.165) is 4.47 Å². The molecule has 0 radical (unpaired) electrons. The maximum Gasteiger partial charge on any atom is 0.378 e. The fraction of sp³-hybridized carbons (Fsp3) is 0.438. The van der Waals surface area contributed by atoms with Crippen LogP contribution in [0.5, 0.6) is 5.75 Å². The van der Waals surface area contributed by atoms with Crippen LogP contribution in [0.4, 0.5) is 0 Å². The summed E-state index contributed by atoms with van der Waals surface area (Å²) in [6.45, 7) is 3.06. The van der Waals surface area contributed by atoms with Crippen molar-refractivity contribution in [2.75, 3.05) is 13.2 Å². The zero-order chi connectivity index (χ0) is 17.2. The van der Waals surface area contributed by atoms with Gasteiger partial charge in [-0.15, -0.1) is 0 Å². The minimum Gasteiger partial charge on any atom is -0.490 e. The molecule has 0 heterocycles. The maximum atomic E-state index is 11.6. The molecule has 0 saturated carbocycles. The third kappa shape index (κ3) is 7.78. The molecule has 0 amide bonds. The second-order valence-electron chi connectivity index (χ2n) is 4.81. The van der Waals surface area contributed by atoms with Gasteiger partial charge in [-0.2, -0.15) is 0 Å². The summed E-state index contributed by atoms with van der Waals surface area (Å²) in [5, 5.41) is 0. The minimum atomic E-state index is -0.987. The largest absolute Gasteiger partial charge is 0.490 e. The second kappa shape index (κ2) is 9.99. The highest BCUT2D eigenvalue weighted by Gasteiger charge is 2.19. The number of hydrogen-bond acceptors (Lipinski definition) is 6. The number of benzene rings is 1. The Morgan fingerprint density at radius 2 is 1.78 bits per heavy atom. The van der Waals surface area contributed by atoms with Crippen LogP contribution < -0.4 is 4.74 Å². The highest BCUT2D eigenvalue weighted by Crippen LogP contribution is 2.18. The van der Waals surface area contributed by atoms with Crippen LogP contribution in [-0.4, -0.2) is 37.0 Å². The average Bonchev–Trinajstić information content (AvgIpc) is 2.52. The average molecular weight is 387 g/mol. The number of carbonyl (C=O) groups excluding carboxylic acids is 3. The van der Waals surface area contributed by atoms with Crippen LogP contribution in [0.25, 0.3) is 0 Å². The molecule has 0 spiro atoms. The molecule has 0 fully saturated rings. The summed E-state index contributed by atoms with van der Waals surface area (Å²) in [5.41, 5.74) is 0. The van der Waals surface area contributed by atoms with E-state index in [0.29, 0.717) is 12.2 Å². The molecule has 0 aliphatic rings. The standard InChI is InChI=1S/C16H19BrO6/c1-3-8-21-16(20)14(18)10-22-15(19)9-11(2)23-13-6-4-12(17)5-7-13/h4-7,11H,3,8-10H2,1-2H3. The smallest absolute Gasteiger partial charge is 0.378 e. The number of ether oxygens (including phenoxy) is 3. The summed E-state index contributed by atoms with van der Waals surface area (Å²) >= 11 is 3.31. The molecular weight excluding hydrogens is 368 g/mol. The molecule has 23 heavy (non-hydrogen) atoms. The fourth-order valence-electron chi connectivity index (χ4n) is 1.56. The van der Waals surface area contributed by atoms with Crippen molar-refractivity contribution >= 4 is 33.7 Å². The summed E-state index contributed by atoms with van der Waals surface area (Å²) in [4.78, 5) is 34.2. The lowest BCUT2D eigenvalue weighted by molar-refractivity contribution is -0.159. The molecule has 1 aromatic carbocycles. The van der Waals surface area contributed by atoms with Crippen molar-refractivity contribution in [2.45, 2.75) is 32.8 Å². The number of ketones is 1. The van der Waals surface area contributed by atoms with Crippen LogP contribution in [0.3, 0.4) is 0 Å². The van der Waals surface area contributed by atoms with E-state index >= 15 is 0 Å². The van der Waals surface area contributed by atoms with Crippen molar-refractivity contribution in [2.24, 2.45) is 0 Å². The number of halogens is 1. The van der Waals surface area contributed by atoms with Gasteiger partial charge < -0.3 is 14.2 Å². The predicted molar refractivity (Wildman–Crippen MR) is 86.1 cm³/mol. The highest BCUT2D eigenvalue weighted by atomic mass is 79.9. The van der Waals surface area contributed by atoms with Gasteiger partial charge in [0.05, 0.1) is 13.0 Å². The Balaban J connectivity index is 2.31. The van der Waals surface area contributed by atoms with Gasteiger partial charge in [0.1, 0.15) is 11.9 Å². The first-order valence-electron chi connectivity index (χ1n) is 7.20. The van der Waals surface area contributed by atoms with E-state index in [1.54, 1.807) is 19.1 Å². The molecule has 0 aliphatic carbocycles.